The first-order chi connectivity index (χ1) is 19.0. The van der Waals surface area contributed by atoms with Gasteiger partial charge in [-0.1, -0.05) is 30.0 Å². The molecule has 40 heavy (non-hydrogen) atoms. The van der Waals surface area contributed by atoms with Gasteiger partial charge < -0.3 is 15.1 Å². The van der Waals surface area contributed by atoms with Crippen LogP contribution in [0, 0.1) is 13.5 Å². The first kappa shape index (κ1) is 28.5. The van der Waals surface area contributed by atoms with E-state index in [2.05, 4.69) is 36.9 Å². The van der Waals surface area contributed by atoms with Gasteiger partial charge in [0.25, 0.3) is 5.91 Å². The van der Waals surface area contributed by atoms with Crippen molar-refractivity contribution in [2.45, 2.75) is 58.7 Å². The smallest absolute Gasteiger partial charge is 0.273 e. The highest BCUT2D eigenvalue weighted by molar-refractivity contribution is 5.92. The fraction of sp³-hybridized carbons (Fsp3) is 0.400. The van der Waals surface area contributed by atoms with Crippen LogP contribution >= 0.6 is 0 Å². The Balaban J connectivity index is 1.56. The summed E-state index contributed by atoms with van der Waals surface area (Å²) in [6, 6.07) is 6.04. The Morgan fingerprint density at radius 3 is 2.73 bits per heavy atom. The molecule has 1 aliphatic heterocycles. The number of aryl methyl sites for hydroxylation is 1. The number of nitrogens with zero attached hydrogens (tertiary/aromatic N) is 7. The largest absolute Gasteiger partial charge is 0.369 e. The van der Waals surface area contributed by atoms with Crippen molar-refractivity contribution in [3.05, 3.63) is 77.7 Å². The Labute approximate surface area is 235 Å². The number of likely N-dealkylation sites (N-methyl/N-ethyl adjacent to an activating group) is 1. The van der Waals surface area contributed by atoms with Gasteiger partial charge in [0.05, 0.1) is 24.0 Å². The Bertz CT molecular complexity index is 1460. The highest BCUT2D eigenvalue weighted by Crippen LogP contribution is 2.40. The lowest BCUT2D eigenvalue weighted by Crippen LogP contribution is -2.48. The van der Waals surface area contributed by atoms with E-state index in [1.807, 2.05) is 45.9 Å². The van der Waals surface area contributed by atoms with Crippen LogP contribution in [-0.2, 0) is 16.9 Å². The molecule has 2 amide bonds. The summed E-state index contributed by atoms with van der Waals surface area (Å²) in [5.74, 6) is -0.387. The molecule has 0 spiro atoms. The van der Waals surface area contributed by atoms with Crippen molar-refractivity contribution in [2.75, 3.05) is 25.0 Å². The minimum absolute atomic E-state index is 0.0430. The van der Waals surface area contributed by atoms with Gasteiger partial charge >= 0.3 is 0 Å². The molecule has 1 aliphatic rings. The van der Waals surface area contributed by atoms with Gasteiger partial charge in [0.2, 0.25) is 11.6 Å². The fourth-order valence-corrected chi connectivity index (χ4v) is 4.88. The zero-order valence-corrected chi connectivity index (χ0v) is 23.8. The van der Waals surface area contributed by atoms with Crippen molar-refractivity contribution in [3.8, 4) is 11.1 Å². The van der Waals surface area contributed by atoms with Crippen molar-refractivity contribution >= 4 is 23.2 Å². The zero-order chi connectivity index (χ0) is 29.0. The molecule has 1 aromatic carbocycles. The van der Waals surface area contributed by atoms with Gasteiger partial charge in [-0.15, -0.1) is 5.10 Å². The molecule has 1 fully saturated rings. The molecule has 10 nitrogen and oxygen atoms in total. The first-order valence-corrected chi connectivity index (χ1v) is 13.3. The van der Waals surface area contributed by atoms with E-state index >= 15 is 0 Å². The van der Waals surface area contributed by atoms with Crippen LogP contribution in [0.5, 0.6) is 0 Å². The molecule has 4 rings (SSSR count). The minimum atomic E-state index is -0.287. The predicted molar refractivity (Wildman–Crippen MR) is 155 cm³/mol. The first-order valence-electron chi connectivity index (χ1n) is 13.3. The Kier molecular flexibility index (Phi) is 8.33. The third kappa shape index (κ3) is 6.04. The molecule has 3 heterocycles. The van der Waals surface area contributed by atoms with Crippen molar-refractivity contribution in [2.24, 2.45) is 0 Å². The Morgan fingerprint density at radius 1 is 1.30 bits per heavy atom. The van der Waals surface area contributed by atoms with Crippen LogP contribution in [0.15, 0.2) is 49.4 Å². The van der Waals surface area contributed by atoms with Gasteiger partial charge in [-0.3, -0.25) is 14.6 Å². The number of benzene rings is 1. The van der Waals surface area contributed by atoms with E-state index in [9.17, 15) is 9.59 Å². The number of rotatable bonds is 7. The summed E-state index contributed by atoms with van der Waals surface area (Å²) in [7, 11) is 1.81. The maximum Gasteiger partial charge on any atom is 0.273 e. The van der Waals surface area contributed by atoms with Crippen LogP contribution in [0.4, 0.5) is 11.4 Å². The predicted octanol–water partition coefficient (Wildman–Crippen LogP) is 4.50. The second-order valence-electron chi connectivity index (χ2n) is 11.1. The molecule has 208 valence electrons. The maximum atomic E-state index is 12.7. The highest BCUT2D eigenvalue weighted by Gasteiger charge is 2.28. The molecule has 0 bridgehead atoms. The third-order valence-electron chi connectivity index (χ3n) is 7.32. The maximum absolute atomic E-state index is 12.7. The number of nitrogens with one attached hydrogen (secondary N) is 1. The number of carbonyl (C=O) groups is 2. The van der Waals surface area contributed by atoms with Gasteiger partial charge in [0.1, 0.15) is 0 Å². The number of piperidine rings is 1. The molecule has 0 saturated carbocycles. The van der Waals surface area contributed by atoms with Crippen LogP contribution in [0.3, 0.4) is 0 Å². The number of aromatic nitrogens is 4. The fourth-order valence-electron chi connectivity index (χ4n) is 4.88. The quantitative estimate of drug-likeness (QED) is 0.350. The molecule has 0 aliphatic carbocycles. The molecule has 3 aromatic rings. The molecular formula is C30H36N8O2. The van der Waals surface area contributed by atoms with Crippen LogP contribution < -0.4 is 10.2 Å². The van der Waals surface area contributed by atoms with E-state index in [-0.39, 0.29) is 29.1 Å². The minimum Gasteiger partial charge on any atom is -0.369 e. The summed E-state index contributed by atoms with van der Waals surface area (Å²) < 4.78 is 1.67. The number of hydrogen-bond donors (Lipinski definition) is 1. The lowest BCUT2D eigenvalue weighted by atomic mass is 9.96. The van der Waals surface area contributed by atoms with Gasteiger partial charge in [-0.25, -0.2) is 9.53 Å². The molecule has 0 radical (unpaired) electrons. The SMILES string of the molecule is [C-]#[N+]c1cncc(N2CCC[C@@H](N(C)C(=O)C=C)C2)c1-c1ccc(CNC(=O)c2cn(C(C)(C)C)nn2)c(C)c1. The average Bonchev–Trinajstić information content (AvgIpc) is 3.47. The van der Waals surface area contributed by atoms with Crippen molar-refractivity contribution < 1.29 is 9.59 Å². The molecule has 1 N–H and O–H groups in total. The molecule has 2 aromatic heterocycles. The zero-order valence-electron chi connectivity index (χ0n) is 23.8. The van der Waals surface area contributed by atoms with E-state index in [0.29, 0.717) is 18.8 Å². The number of pyridine rings is 1. The van der Waals surface area contributed by atoms with E-state index < -0.39 is 0 Å². The monoisotopic (exact) mass is 540 g/mol. The molecule has 10 heteroatoms. The number of amides is 2. The van der Waals surface area contributed by atoms with E-state index in [1.165, 1.54) is 6.08 Å². The van der Waals surface area contributed by atoms with Crippen molar-refractivity contribution in [1.29, 1.82) is 0 Å². The molecular weight excluding hydrogens is 504 g/mol. The average molecular weight is 541 g/mol. The van der Waals surface area contributed by atoms with Crippen molar-refractivity contribution in [1.82, 2.24) is 30.2 Å². The second-order valence-corrected chi connectivity index (χ2v) is 11.1. The summed E-state index contributed by atoms with van der Waals surface area (Å²) >= 11 is 0. The van der Waals surface area contributed by atoms with Crippen LogP contribution in [-0.4, -0.2) is 62.9 Å². The Morgan fingerprint density at radius 2 is 2.08 bits per heavy atom. The van der Waals surface area contributed by atoms with Crippen molar-refractivity contribution in [3.63, 3.8) is 0 Å². The van der Waals surface area contributed by atoms with Gasteiger partial charge in [-0.2, -0.15) is 0 Å². The molecule has 0 unspecified atom stereocenters. The van der Waals surface area contributed by atoms with E-state index in [1.54, 1.807) is 35.2 Å². The van der Waals surface area contributed by atoms with Crippen LogP contribution in [0.1, 0.15) is 55.2 Å². The summed E-state index contributed by atoms with van der Waals surface area (Å²) in [5, 5.41) is 11.0. The van der Waals surface area contributed by atoms with Gasteiger partial charge in [0.15, 0.2) is 5.69 Å². The number of hydrogen-bond acceptors (Lipinski definition) is 6. The Hall–Kier alpha value is -4.52. The van der Waals surface area contributed by atoms with Crippen LogP contribution in [0.2, 0.25) is 0 Å². The van der Waals surface area contributed by atoms with E-state index in [4.69, 9.17) is 6.57 Å². The van der Waals surface area contributed by atoms with Gasteiger partial charge in [-0.05, 0) is 63.3 Å². The lowest BCUT2D eigenvalue weighted by Gasteiger charge is -2.39. The standard InChI is InChI=1S/C30H36N8O2/c1-8-27(39)36(7)23-10-9-13-37(18-23)26-17-32-16-24(31-6)28(26)21-11-12-22(20(2)14-21)15-33-29(40)25-19-38(35-34-25)30(3,4)5/h8,11-12,14,16-17,19,23H,1,9-10,13,15,18H2,2-5,7H3,(H,33,40)/t23-/m1/s1. The van der Waals surface area contributed by atoms with Gasteiger partial charge in [0, 0.05) is 50.7 Å². The highest BCUT2D eigenvalue weighted by atomic mass is 16.2. The summed E-state index contributed by atoms with van der Waals surface area (Å²) in [5.41, 5.74) is 5.03. The number of carbonyl (C=O) groups excluding carboxylic acids is 2. The second kappa shape index (κ2) is 11.7. The summed E-state index contributed by atoms with van der Waals surface area (Å²) in [6.45, 7) is 21.2. The van der Waals surface area contributed by atoms with E-state index in [0.717, 1.165) is 47.3 Å². The lowest BCUT2D eigenvalue weighted by molar-refractivity contribution is -0.126. The molecule has 1 saturated heterocycles. The normalized spacial score (nSPS) is 15.3. The topological polar surface area (TPSA) is 101 Å². The third-order valence-corrected chi connectivity index (χ3v) is 7.32. The summed E-state index contributed by atoms with van der Waals surface area (Å²) in [6.07, 6.45) is 8.21. The van der Waals surface area contributed by atoms with Crippen LogP contribution in [0.25, 0.3) is 16.0 Å². The molecule has 1 atom stereocenters. The summed E-state index contributed by atoms with van der Waals surface area (Å²) in [4.78, 5) is 37.0. The number of anilines is 1.